The number of ketones is 1. The number of Topliss-reactive ketones (excluding diaryl/α,β-unsaturated/α-hetero) is 1. The number of aromatic nitrogens is 2. The van der Waals surface area contributed by atoms with Crippen LogP contribution in [0.4, 0.5) is 0 Å². The molecule has 0 spiro atoms. The van der Waals surface area contributed by atoms with Gasteiger partial charge in [0.25, 0.3) is 0 Å². The Morgan fingerprint density at radius 3 is 2.57 bits per heavy atom. The summed E-state index contributed by atoms with van der Waals surface area (Å²) in [5.41, 5.74) is 2.43. The SMILES string of the molecule is O=C(O)C1CCN(C(Cc2ccccc2)C(=O)c2csc(-c3cccnc3)n2)CC1. The number of nitrogens with zero attached hydrogens (tertiary/aromatic N) is 3. The molecule has 1 aliphatic rings. The Morgan fingerprint density at radius 2 is 1.90 bits per heavy atom. The topological polar surface area (TPSA) is 83.4 Å². The lowest BCUT2D eigenvalue weighted by Gasteiger charge is -2.35. The van der Waals surface area contributed by atoms with Gasteiger partial charge >= 0.3 is 5.97 Å². The molecule has 30 heavy (non-hydrogen) atoms. The molecule has 3 heterocycles. The van der Waals surface area contributed by atoms with E-state index >= 15 is 0 Å². The van der Waals surface area contributed by atoms with E-state index in [-0.39, 0.29) is 17.7 Å². The Morgan fingerprint density at radius 1 is 1.13 bits per heavy atom. The third-order valence-electron chi connectivity index (χ3n) is 5.56. The van der Waals surface area contributed by atoms with E-state index in [4.69, 9.17) is 0 Å². The first-order chi connectivity index (χ1) is 14.6. The van der Waals surface area contributed by atoms with E-state index in [1.807, 2.05) is 47.8 Å². The molecule has 1 atom stereocenters. The minimum absolute atomic E-state index is 0.0148. The molecule has 0 aliphatic carbocycles. The number of thiazole rings is 1. The lowest BCUT2D eigenvalue weighted by atomic mass is 9.92. The number of aliphatic carboxylic acids is 1. The van der Waals surface area contributed by atoms with Gasteiger partial charge in [-0.05, 0) is 50.0 Å². The standard InChI is InChI=1S/C23H23N3O3S/c27-21(19-15-30-22(25-19)18-7-4-10-24-14-18)20(13-16-5-2-1-3-6-16)26-11-8-17(9-12-26)23(28)29/h1-7,10,14-15,17,20H,8-9,11-13H2,(H,28,29). The van der Waals surface area contributed by atoms with E-state index in [0.29, 0.717) is 38.0 Å². The van der Waals surface area contributed by atoms with Crippen molar-refractivity contribution in [1.29, 1.82) is 0 Å². The highest BCUT2D eigenvalue weighted by atomic mass is 32.1. The number of carbonyl (C=O) groups is 2. The monoisotopic (exact) mass is 421 g/mol. The number of pyridine rings is 1. The fourth-order valence-corrected chi connectivity index (χ4v) is 4.66. The summed E-state index contributed by atoms with van der Waals surface area (Å²) < 4.78 is 0. The largest absolute Gasteiger partial charge is 0.481 e. The van der Waals surface area contributed by atoms with Crippen molar-refractivity contribution < 1.29 is 14.7 Å². The summed E-state index contributed by atoms with van der Waals surface area (Å²) in [5, 5.41) is 11.9. The summed E-state index contributed by atoms with van der Waals surface area (Å²) >= 11 is 1.44. The van der Waals surface area contributed by atoms with E-state index in [2.05, 4.69) is 14.9 Å². The van der Waals surface area contributed by atoms with Crippen molar-refractivity contribution in [3.05, 3.63) is 71.5 Å². The Kier molecular flexibility index (Phi) is 6.30. The Hall–Kier alpha value is -2.90. The average Bonchev–Trinajstić information content (AvgIpc) is 3.29. The average molecular weight is 422 g/mol. The maximum atomic E-state index is 13.5. The van der Waals surface area contributed by atoms with Crippen LogP contribution in [-0.4, -0.2) is 50.9 Å². The molecule has 1 N–H and O–H groups in total. The molecule has 1 aliphatic heterocycles. The minimum Gasteiger partial charge on any atom is -0.481 e. The second-order valence-corrected chi connectivity index (χ2v) is 8.36. The van der Waals surface area contributed by atoms with Crippen LogP contribution in [-0.2, 0) is 11.2 Å². The van der Waals surface area contributed by atoms with Crippen molar-refractivity contribution in [1.82, 2.24) is 14.9 Å². The molecule has 1 aromatic carbocycles. The molecule has 2 aromatic heterocycles. The van der Waals surface area contributed by atoms with E-state index in [9.17, 15) is 14.7 Å². The highest BCUT2D eigenvalue weighted by Gasteiger charge is 2.33. The van der Waals surface area contributed by atoms with Crippen LogP contribution in [0.2, 0.25) is 0 Å². The smallest absolute Gasteiger partial charge is 0.306 e. The van der Waals surface area contributed by atoms with Crippen molar-refractivity contribution in [2.24, 2.45) is 5.92 Å². The molecule has 154 valence electrons. The van der Waals surface area contributed by atoms with Gasteiger partial charge in [0.2, 0.25) is 0 Å². The molecule has 4 rings (SSSR count). The van der Waals surface area contributed by atoms with Gasteiger partial charge in [-0.1, -0.05) is 30.3 Å². The van der Waals surface area contributed by atoms with Gasteiger partial charge in [0.15, 0.2) is 5.78 Å². The van der Waals surface area contributed by atoms with E-state index < -0.39 is 5.97 Å². The Labute approximate surface area is 179 Å². The van der Waals surface area contributed by atoms with E-state index in [0.717, 1.165) is 16.1 Å². The van der Waals surface area contributed by atoms with Crippen LogP contribution >= 0.6 is 11.3 Å². The highest BCUT2D eigenvalue weighted by molar-refractivity contribution is 7.13. The first-order valence-electron chi connectivity index (χ1n) is 10.0. The number of likely N-dealkylation sites (tertiary alicyclic amines) is 1. The van der Waals surface area contributed by atoms with Crippen LogP contribution < -0.4 is 0 Å². The zero-order chi connectivity index (χ0) is 20.9. The number of carbonyl (C=O) groups excluding carboxylic acids is 1. The zero-order valence-corrected chi connectivity index (χ0v) is 17.3. The molecular weight excluding hydrogens is 398 g/mol. The molecule has 0 amide bonds. The van der Waals surface area contributed by atoms with Gasteiger partial charge in [-0.3, -0.25) is 19.5 Å². The quantitative estimate of drug-likeness (QED) is 0.585. The molecule has 1 saturated heterocycles. The van der Waals surface area contributed by atoms with Gasteiger partial charge in [-0.25, -0.2) is 4.98 Å². The lowest BCUT2D eigenvalue weighted by Crippen LogP contribution is -2.47. The number of hydrogen-bond donors (Lipinski definition) is 1. The summed E-state index contributed by atoms with van der Waals surface area (Å²) in [5.74, 6) is -1.09. The van der Waals surface area contributed by atoms with Crippen LogP contribution in [0.15, 0.2) is 60.2 Å². The van der Waals surface area contributed by atoms with Gasteiger partial charge in [0.1, 0.15) is 10.7 Å². The van der Waals surface area contributed by atoms with E-state index in [1.54, 1.807) is 12.4 Å². The lowest BCUT2D eigenvalue weighted by molar-refractivity contribution is -0.143. The van der Waals surface area contributed by atoms with Gasteiger partial charge in [0.05, 0.1) is 12.0 Å². The maximum Gasteiger partial charge on any atom is 0.306 e. The number of hydrogen-bond acceptors (Lipinski definition) is 6. The second-order valence-electron chi connectivity index (χ2n) is 7.50. The summed E-state index contributed by atoms with van der Waals surface area (Å²) in [7, 11) is 0. The molecule has 7 heteroatoms. The van der Waals surface area contributed by atoms with Crippen molar-refractivity contribution in [2.45, 2.75) is 25.3 Å². The van der Waals surface area contributed by atoms with Crippen LogP contribution in [0.3, 0.4) is 0 Å². The Bertz CT molecular complexity index is 999. The fraction of sp³-hybridized carbons (Fsp3) is 0.304. The number of piperidine rings is 1. The summed E-state index contributed by atoms with van der Waals surface area (Å²) in [6.45, 7) is 1.19. The molecule has 0 saturated carbocycles. The van der Waals surface area contributed by atoms with Crippen LogP contribution in [0, 0.1) is 5.92 Å². The highest BCUT2D eigenvalue weighted by Crippen LogP contribution is 2.26. The molecular formula is C23H23N3O3S. The normalized spacial score (nSPS) is 16.3. The molecule has 0 radical (unpaired) electrons. The third kappa shape index (κ3) is 4.63. The van der Waals surface area contributed by atoms with Crippen LogP contribution in [0.5, 0.6) is 0 Å². The number of rotatable bonds is 7. The van der Waals surface area contributed by atoms with Gasteiger partial charge in [-0.15, -0.1) is 11.3 Å². The second kappa shape index (κ2) is 9.28. The first-order valence-corrected chi connectivity index (χ1v) is 10.9. The predicted molar refractivity (Wildman–Crippen MR) is 116 cm³/mol. The van der Waals surface area contributed by atoms with Crippen LogP contribution in [0.1, 0.15) is 28.9 Å². The van der Waals surface area contributed by atoms with Crippen molar-refractivity contribution >= 4 is 23.1 Å². The van der Waals surface area contributed by atoms with E-state index in [1.165, 1.54) is 11.3 Å². The number of carboxylic acids is 1. The molecule has 1 fully saturated rings. The minimum atomic E-state index is -0.749. The third-order valence-corrected chi connectivity index (χ3v) is 6.45. The summed E-state index contributed by atoms with van der Waals surface area (Å²) in [6, 6.07) is 13.4. The van der Waals surface area contributed by atoms with Gasteiger partial charge < -0.3 is 5.11 Å². The molecule has 6 nitrogen and oxygen atoms in total. The predicted octanol–water partition coefficient (Wildman–Crippen LogP) is 3.80. The summed E-state index contributed by atoms with van der Waals surface area (Å²) in [4.78, 5) is 35.6. The fourth-order valence-electron chi connectivity index (χ4n) is 3.86. The zero-order valence-electron chi connectivity index (χ0n) is 16.5. The number of carboxylic acid groups (broad SMARTS) is 1. The van der Waals surface area contributed by atoms with Crippen LogP contribution in [0.25, 0.3) is 10.6 Å². The number of benzene rings is 1. The van der Waals surface area contributed by atoms with Gasteiger partial charge in [-0.2, -0.15) is 0 Å². The molecule has 1 unspecified atom stereocenters. The van der Waals surface area contributed by atoms with Gasteiger partial charge in [0, 0.05) is 23.3 Å². The van der Waals surface area contributed by atoms with Crippen molar-refractivity contribution in [2.75, 3.05) is 13.1 Å². The summed E-state index contributed by atoms with van der Waals surface area (Å²) in [6.07, 6.45) is 5.15. The molecule has 3 aromatic rings. The van der Waals surface area contributed by atoms with Crippen molar-refractivity contribution in [3.63, 3.8) is 0 Å². The van der Waals surface area contributed by atoms with Crippen molar-refractivity contribution in [3.8, 4) is 10.6 Å². The maximum absolute atomic E-state index is 13.5. The first kappa shape index (κ1) is 20.4. The molecule has 0 bridgehead atoms. The Balaban J connectivity index is 1.57.